The molecule has 0 bridgehead atoms. The Morgan fingerprint density at radius 1 is 0.245 bits per heavy atom. The standard InChI is InChI=1S/C83H162O17P2/c1-73(2)59-51-43-35-29-23-19-15-11-9-10-12-17-21-25-32-38-47-55-63-80(85)93-69-78(99-83(88)66-58-50-40-34-28-27-31-37-45-53-61-75(5)6)71-97-101(89,90)95-67-77(84)68-96-102(91,92)98-72-79(70-94-81(86)64-56-48-42-41-46-54-62-76(7)8)100-82(87)65-57-49-39-33-26-22-18-14-13-16-20-24-30-36-44-52-60-74(3)4/h73-79,84H,9-72H2,1-8H3,(H,89,90)(H,91,92)/t77?,78-,79-/m1/s1. The summed E-state index contributed by atoms with van der Waals surface area (Å²) in [6.45, 7) is 14.2. The number of esters is 4. The number of hydrogen-bond donors (Lipinski definition) is 3. The van der Waals surface area contributed by atoms with Crippen LogP contribution in [0.3, 0.4) is 0 Å². The summed E-state index contributed by atoms with van der Waals surface area (Å²) in [5.41, 5.74) is 0. The van der Waals surface area contributed by atoms with Crippen molar-refractivity contribution < 1.29 is 80.2 Å². The van der Waals surface area contributed by atoms with Gasteiger partial charge >= 0.3 is 39.5 Å². The SMILES string of the molecule is CC(C)CCCCCCCCCCCCCCCCCCCCC(=O)OC[C@H](COP(=O)(O)OCC(O)COP(=O)(O)OC[C@@H](COC(=O)CCCCCCCCC(C)C)OC(=O)CCCCCCCCCCCCCCCCCCC(C)C)OC(=O)CCCCCCCCCCCCC(C)C. The molecule has 0 aliphatic heterocycles. The van der Waals surface area contributed by atoms with E-state index in [0.29, 0.717) is 31.6 Å². The highest BCUT2D eigenvalue weighted by atomic mass is 31.2. The summed E-state index contributed by atoms with van der Waals surface area (Å²) in [4.78, 5) is 73.0. The van der Waals surface area contributed by atoms with Gasteiger partial charge in [-0.25, -0.2) is 9.13 Å². The van der Waals surface area contributed by atoms with Crippen LogP contribution in [0.25, 0.3) is 0 Å². The van der Waals surface area contributed by atoms with Gasteiger partial charge in [-0.3, -0.25) is 37.3 Å². The molecule has 0 heterocycles. The maximum absolute atomic E-state index is 13.1. The van der Waals surface area contributed by atoms with Gasteiger partial charge in [0, 0.05) is 25.7 Å². The molecule has 0 aliphatic carbocycles. The Morgan fingerprint density at radius 2 is 0.412 bits per heavy atom. The highest BCUT2D eigenvalue weighted by Crippen LogP contribution is 2.45. The largest absolute Gasteiger partial charge is 0.472 e. The first kappa shape index (κ1) is 100. The summed E-state index contributed by atoms with van der Waals surface area (Å²) in [6, 6.07) is 0. The molecule has 0 aromatic rings. The molecular formula is C83H162O17P2. The molecular weight excluding hydrogens is 1330 g/mol. The van der Waals surface area contributed by atoms with Gasteiger partial charge in [-0.15, -0.1) is 0 Å². The van der Waals surface area contributed by atoms with E-state index < -0.39 is 97.5 Å². The second-order valence-electron chi connectivity index (χ2n) is 31.8. The molecule has 0 radical (unpaired) electrons. The Balaban J connectivity index is 5.16. The second kappa shape index (κ2) is 72.0. The highest BCUT2D eigenvalue weighted by molar-refractivity contribution is 7.47. The summed E-state index contributed by atoms with van der Waals surface area (Å²) >= 11 is 0. The average Bonchev–Trinajstić information content (AvgIpc) is 0.907. The van der Waals surface area contributed by atoms with Gasteiger partial charge in [0.2, 0.25) is 0 Å². The van der Waals surface area contributed by atoms with Gasteiger partial charge in [-0.2, -0.15) is 0 Å². The molecule has 102 heavy (non-hydrogen) atoms. The number of aliphatic hydroxyl groups excluding tert-OH is 1. The van der Waals surface area contributed by atoms with Crippen LogP contribution < -0.4 is 0 Å². The van der Waals surface area contributed by atoms with Crippen molar-refractivity contribution in [2.24, 2.45) is 23.7 Å². The summed E-state index contributed by atoms with van der Waals surface area (Å²) in [5.74, 6) is 0.949. The van der Waals surface area contributed by atoms with Crippen molar-refractivity contribution in [3.63, 3.8) is 0 Å². The maximum Gasteiger partial charge on any atom is 0.472 e. The van der Waals surface area contributed by atoms with Crippen LogP contribution >= 0.6 is 15.6 Å². The van der Waals surface area contributed by atoms with E-state index >= 15 is 0 Å². The number of phosphoric ester groups is 2. The van der Waals surface area contributed by atoms with Gasteiger partial charge in [0.05, 0.1) is 26.4 Å². The van der Waals surface area contributed by atoms with E-state index in [1.54, 1.807) is 0 Å². The Labute approximate surface area is 626 Å². The van der Waals surface area contributed by atoms with E-state index in [1.807, 2.05) is 0 Å². The molecule has 0 spiro atoms. The molecule has 5 atom stereocenters. The van der Waals surface area contributed by atoms with E-state index in [4.69, 9.17) is 37.0 Å². The number of carbonyl (C=O) groups is 4. The van der Waals surface area contributed by atoms with E-state index in [9.17, 15) is 43.2 Å². The minimum atomic E-state index is -4.96. The van der Waals surface area contributed by atoms with Crippen LogP contribution in [0.5, 0.6) is 0 Å². The van der Waals surface area contributed by atoms with Gasteiger partial charge < -0.3 is 33.8 Å². The van der Waals surface area contributed by atoms with E-state index in [1.165, 1.54) is 225 Å². The fourth-order valence-corrected chi connectivity index (χ4v) is 14.4. The van der Waals surface area contributed by atoms with Gasteiger partial charge in [0.1, 0.15) is 19.3 Å². The molecule has 3 N–H and O–H groups in total. The summed E-state index contributed by atoms with van der Waals surface area (Å²) in [7, 11) is -9.92. The molecule has 0 fully saturated rings. The zero-order chi connectivity index (χ0) is 75.3. The van der Waals surface area contributed by atoms with Crippen molar-refractivity contribution in [1.82, 2.24) is 0 Å². The van der Waals surface area contributed by atoms with Crippen LogP contribution in [0.1, 0.15) is 428 Å². The average molecular weight is 1490 g/mol. The van der Waals surface area contributed by atoms with E-state index in [2.05, 4.69) is 55.4 Å². The van der Waals surface area contributed by atoms with Crippen molar-refractivity contribution in [1.29, 1.82) is 0 Å². The zero-order valence-corrected chi connectivity index (χ0v) is 69.0. The topological polar surface area (TPSA) is 237 Å². The van der Waals surface area contributed by atoms with Crippen molar-refractivity contribution >= 4 is 39.5 Å². The zero-order valence-electron chi connectivity index (χ0n) is 67.2. The lowest BCUT2D eigenvalue weighted by Crippen LogP contribution is -2.30. The molecule has 0 saturated carbocycles. The smallest absolute Gasteiger partial charge is 0.462 e. The third-order valence-electron chi connectivity index (χ3n) is 19.3. The summed E-state index contributed by atoms with van der Waals surface area (Å²) in [5, 5.41) is 10.6. The van der Waals surface area contributed by atoms with Gasteiger partial charge in [0.15, 0.2) is 12.2 Å². The van der Waals surface area contributed by atoms with E-state index in [0.717, 1.165) is 114 Å². The normalized spacial score (nSPS) is 14.0. The first-order chi connectivity index (χ1) is 49.1. The molecule has 606 valence electrons. The molecule has 0 aliphatic rings. The summed E-state index contributed by atoms with van der Waals surface area (Å²) < 4.78 is 68.7. The fraction of sp³-hybridized carbons (Fsp3) is 0.952. The number of phosphoric acid groups is 2. The van der Waals surface area contributed by atoms with Gasteiger partial charge in [-0.1, -0.05) is 376 Å². The number of ether oxygens (including phenoxy) is 4. The predicted molar refractivity (Wildman–Crippen MR) is 418 cm³/mol. The number of aliphatic hydroxyl groups is 1. The minimum Gasteiger partial charge on any atom is -0.462 e. The third kappa shape index (κ3) is 76.3. The third-order valence-corrected chi connectivity index (χ3v) is 21.2. The maximum atomic E-state index is 13.1. The number of unbranched alkanes of at least 4 members (excludes halogenated alkanes) is 46. The Bertz CT molecular complexity index is 1990. The van der Waals surface area contributed by atoms with Crippen LogP contribution in [0.2, 0.25) is 0 Å². The number of hydrogen-bond acceptors (Lipinski definition) is 15. The first-order valence-electron chi connectivity index (χ1n) is 42.7. The van der Waals surface area contributed by atoms with Crippen LogP contribution in [-0.2, 0) is 65.4 Å². The van der Waals surface area contributed by atoms with Gasteiger partial charge in [0.25, 0.3) is 0 Å². The lowest BCUT2D eigenvalue weighted by molar-refractivity contribution is -0.161. The Morgan fingerprint density at radius 3 is 0.608 bits per heavy atom. The van der Waals surface area contributed by atoms with Crippen LogP contribution in [0, 0.1) is 23.7 Å². The predicted octanol–water partition coefficient (Wildman–Crippen LogP) is 24.8. The molecule has 0 aromatic heterocycles. The number of carbonyl (C=O) groups excluding carboxylic acids is 4. The fourth-order valence-electron chi connectivity index (χ4n) is 12.8. The molecule has 17 nitrogen and oxygen atoms in total. The van der Waals surface area contributed by atoms with Crippen LogP contribution in [0.15, 0.2) is 0 Å². The molecule has 0 rings (SSSR count). The first-order valence-corrected chi connectivity index (χ1v) is 45.7. The van der Waals surface area contributed by atoms with Crippen molar-refractivity contribution in [3.8, 4) is 0 Å². The molecule has 0 amide bonds. The molecule has 3 unspecified atom stereocenters. The monoisotopic (exact) mass is 1490 g/mol. The lowest BCUT2D eigenvalue weighted by atomic mass is 10.0. The van der Waals surface area contributed by atoms with Crippen molar-refractivity contribution in [3.05, 3.63) is 0 Å². The lowest BCUT2D eigenvalue weighted by Gasteiger charge is -2.21. The summed E-state index contributed by atoms with van der Waals surface area (Å²) in [6.07, 6.45) is 60.0. The van der Waals surface area contributed by atoms with Crippen molar-refractivity contribution in [2.45, 2.75) is 446 Å². The molecule has 0 aromatic carbocycles. The van der Waals surface area contributed by atoms with Crippen molar-refractivity contribution in [2.75, 3.05) is 39.6 Å². The van der Waals surface area contributed by atoms with Crippen LogP contribution in [-0.4, -0.2) is 96.7 Å². The number of rotatable bonds is 80. The van der Waals surface area contributed by atoms with E-state index in [-0.39, 0.29) is 25.7 Å². The quantitative estimate of drug-likeness (QED) is 0.0222. The highest BCUT2D eigenvalue weighted by Gasteiger charge is 2.30. The Hall–Kier alpha value is -1.94. The van der Waals surface area contributed by atoms with Crippen LogP contribution in [0.4, 0.5) is 0 Å². The molecule has 0 saturated heterocycles. The Kier molecular flexibility index (Phi) is 70.6. The minimum absolute atomic E-state index is 0.106. The second-order valence-corrected chi connectivity index (χ2v) is 34.7. The molecule has 19 heteroatoms. The van der Waals surface area contributed by atoms with Gasteiger partial charge in [-0.05, 0) is 49.4 Å².